The van der Waals surface area contributed by atoms with Crippen molar-refractivity contribution in [1.29, 1.82) is 0 Å². The van der Waals surface area contributed by atoms with Crippen molar-refractivity contribution in [1.82, 2.24) is 9.55 Å². The Morgan fingerprint density at radius 1 is 1.03 bits per heavy atom. The summed E-state index contributed by atoms with van der Waals surface area (Å²) < 4.78 is 2.23. The first-order chi connectivity index (χ1) is 14.5. The molecular weight excluding hydrogens is 396 g/mol. The van der Waals surface area contributed by atoms with Gasteiger partial charge in [0, 0.05) is 29.9 Å². The van der Waals surface area contributed by atoms with Crippen LogP contribution in [0.2, 0.25) is 5.02 Å². The standard InChI is InChI=1S/C24H23ClN4O/c1-16(26-20-9-11-21(12-10-20)27-17(2)30)24-28-22-14-19(25)8-13-23(22)29(24)15-18-6-4-3-5-7-18/h3-14,16,26H,15H2,1-2H3,(H,27,30)/t16-/m1/s1. The first kappa shape index (κ1) is 20.0. The molecule has 1 amide bonds. The predicted molar refractivity (Wildman–Crippen MR) is 123 cm³/mol. The Hall–Kier alpha value is -3.31. The smallest absolute Gasteiger partial charge is 0.221 e. The molecule has 3 aromatic carbocycles. The van der Waals surface area contributed by atoms with Crippen molar-refractivity contribution in [3.63, 3.8) is 0 Å². The number of halogens is 1. The lowest BCUT2D eigenvalue weighted by atomic mass is 10.2. The quantitative estimate of drug-likeness (QED) is 0.411. The largest absolute Gasteiger partial charge is 0.375 e. The first-order valence-corrected chi connectivity index (χ1v) is 10.2. The van der Waals surface area contributed by atoms with Gasteiger partial charge in [-0.2, -0.15) is 0 Å². The molecule has 1 aromatic heterocycles. The molecule has 0 aliphatic carbocycles. The summed E-state index contributed by atoms with van der Waals surface area (Å²) in [5.74, 6) is 0.847. The predicted octanol–water partition coefficient (Wildman–Crippen LogP) is 5.87. The minimum atomic E-state index is -0.0858. The Balaban J connectivity index is 1.65. The monoisotopic (exact) mass is 418 g/mol. The molecule has 30 heavy (non-hydrogen) atoms. The molecule has 0 aliphatic rings. The number of nitrogens with zero attached hydrogens (tertiary/aromatic N) is 2. The third-order valence-corrected chi connectivity index (χ3v) is 5.13. The van der Waals surface area contributed by atoms with Crippen molar-refractivity contribution in [3.05, 3.63) is 89.2 Å². The lowest BCUT2D eigenvalue weighted by Gasteiger charge is -2.18. The molecule has 1 atom stereocenters. The molecule has 0 spiro atoms. The average Bonchev–Trinajstić information content (AvgIpc) is 3.07. The van der Waals surface area contributed by atoms with E-state index in [0.717, 1.165) is 34.8 Å². The summed E-state index contributed by atoms with van der Waals surface area (Å²) in [5.41, 5.74) is 4.86. The zero-order chi connectivity index (χ0) is 21.1. The highest BCUT2D eigenvalue weighted by molar-refractivity contribution is 6.31. The number of rotatable bonds is 6. The van der Waals surface area contributed by atoms with E-state index in [1.807, 2.05) is 60.7 Å². The molecule has 4 aromatic rings. The minimum absolute atomic E-state index is 0.0356. The molecule has 5 nitrogen and oxygen atoms in total. The van der Waals surface area contributed by atoms with Crippen molar-refractivity contribution < 1.29 is 4.79 Å². The molecule has 152 valence electrons. The molecular formula is C24H23ClN4O. The topological polar surface area (TPSA) is 59.0 Å². The lowest BCUT2D eigenvalue weighted by molar-refractivity contribution is -0.114. The zero-order valence-electron chi connectivity index (χ0n) is 16.9. The van der Waals surface area contributed by atoms with Crippen molar-refractivity contribution >= 4 is 39.9 Å². The van der Waals surface area contributed by atoms with Crippen LogP contribution in [0.1, 0.15) is 31.3 Å². The van der Waals surface area contributed by atoms with Crippen LogP contribution in [-0.2, 0) is 11.3 Å². The number of carbonyl (C=O) groups excluding carboxylic acids is 1. The van der Waals surface area contributed by atoms with E-state index >= 15 is 0 Å². The Kier molecular flexibility index (Phi) is 5.72. The summed E-state index contributed by atoms with van der Waals surface area (Å²) >= 11 is 6.21. The average molecular weight is 419 g/mol. The Labute approximate surface area is 180 Å². The van der Waals surface area contributed by atoms with Crippen LogP contribution < -0.4 is 10.6 Å². The van der Waals surface area contributed by atoms with Gasteiger partial charge < -0.3 is 15.2 Å². The minimum Gasteiger partial charge on any atom is -0.375 e. The number of imidazole rings is 1. The number of aromatic nitrogens is 2. The third kappa shape index (κ3) is 4.47. The maximum absolute atomic E-state index is 11.2. The van der Waals surface area contributed by atoms with Crippen LogP contribution in [0, 0.1) is 0 Å². The number of hydrogen-bond acceptors (Lipinski definition) is 3. The van der Waals surface area contributed by atoms with Gasteiger partial charge in [0.05, 0.1) is 17.1 Å². The SMILES string of the molecule is CC(=O)Nc1ccc(N[C@H](C)c2nc3cc(Cl)ccc3n2Cc2ccccc2)cc1. The van der Waals surface area contributed by atoms with Crippen LogP contribution in [0.5, 0.6) is 0 Å². The van der Waals surface area contributed by atoms with E-state index < -0.39 is 0 Å². The fourth-order valence-electron chi connectivity index (χ4n) is 3.55. The van der Waals surface area contributed by atoms with Crippen LogP contribution in [0.25, 0.3) is 11.0 Å². The van der Waals surface area contributed by atoms with E-state index in [0.29, 0.717) is 5.02 Å². The van der Waals surface area contributed by atoms with Crippen LogP contribution in [0.15, 0.2) is 72.8 Å². The highest BCUT2D eigenvalue weighted by Gasteiger charge is 2.17. The van der Waals surface area contributed by atoms with Gasteiger partial charge in [-0.15, -0.1) is 0 Å². The second kappa shape index (κ2) is 8.59. The second-order valence-electron chi connectivity index (χ2n) is 7.30. The van der Waals surface area contributed by atoms with Gasteiger partial charge in [0.2, 0.25) is 5.91 Å². The van der Waals surface area contributed by atoms with Crippen LogP contribution in [0.4, 0.5) is 11.4 Å². The van der Waals surface area contributed by atoms with E-state index in [2.05, 4.69) is 34.3 Å². The van der Waals surface area contributed by atoms with Crippen molar-refractivity contribution in [2.75, 3.05) is 10.6 Å². The first-order valence-electron chi connectivity index (χ1n) is 9.83. The van der Waals surface area contributed by atoms with Gasteiger partial charge in [0.25, 0.3) is 0 Å². The van der Waals surface area contributed by atoms with Crippen LogP contribution in [-0.4, -0.2) is 15.5 Å². The number of carbonyl (C=O) groups is 1. The fourth-order valence-corrected chi connectivity index (χ4v) is 3.72. The van der Waals surface area contributed by atoms with Crippen molar-refractivity contribution in [2.24, 2.45) is 0 Å². The zero-order valence-corrected chi connectivity index (χ0v) is 17.6. The molecule has 4 rings (SSSR count). The van der Waals surface area contributed by atoms with E-state index in [1.54, 1.807) is 0 Å². The summed E-state index contributed by atoms with van der Waals surface area (Å²) in [6, 6.07) is 23.8. The normalized spacial score (nSPS) is 12.0. The number of amides is 1. The lowest BCUT2D eigenvalue weighted by Crippen LogP contribution is -2.14. The number of hydrogen-bond donors (Lipinski definition) is 2. The molecule has 0 unspecified atom stereocenters. The van der Waals surface area contributed by atoms with Gasteiger partial charge in [-0.1, -0.05) is 41.9 Å². The van der Waals surface area contributed by atoms with Gasteiger partial charge >= 0.3 is 0 Å². The van der Waals surface area contributed by atoms with Gasteiger partial charge in [0.15, 0.2) is 0 Å². The second-order valence-corrected chi connectivity index (χ2v) is 7.74. The molecule has 0 radical (unpaired) electrons. The number of anilines is 2. The van der Waals surface area contributed by atoms with Crippen molar-refractivity contribution in [3.8, 4) is 0 Å². The third-order valence-electron chi connectivity index (χ3n) is 4.90. The molecule has 0 saturated heterocycles. The van der Waals surface area contributed by atoms with E-state index in [9.17, 15) is 4.79 Å². The Morgan fingerprint density at radius 2 is 1.73 bits per heavy atom. The Bertz CT molecular complexity index is 1170. The van der Waals surface area contributed by atoms with Gasteiger partial charge in [0.1, 0.15) is 5.82 Å². The number of fused-ring (bicyclic) bond motifs is 1. The Morgan fingerprint density at radius 3 is 2.43 bits per heavy atom. The summed E-state index contributed by atoms with van der Waals surface area (Å²) in [4.78, 5) is 16.1. The summed E-state index contributed by atoms with van der Waals surface area (Å²) in [5, 5.41) is 6.97. The maximum Gasteiger partial charge on any atom is 0.221 e. The fraction of sp³-hybridized carbons (Fsp3) is 0.167. The summed E-state index contributed by atoms with van der Waals surface area (Å²) in [6.07, 6.45) is 0. The van der Waals surface area contributed by atoms with Gasteiger partial charge in [-0.3, -0.25) is 4.79 Å². The van der Waals surface area contributed by atoms with E-state index in [4.69, 9.17) is 16.6 Å². The molecule has 0 saturated carbocycles. The molecule has 0 bridgehead atoms. The highest BCUT2D eigenvalue weighted by Crippen LogP contribution is 2.27. The summed E-state index contributed by atoms with van der Waals surface area (Å²) in [6.45, 7) is 4.31. The summed E-state index contributed by atoms with van der Waals surface area (Å²) in [7, 11) is 0. The maximum atomic E-state index is 11.2. The molecule has 1 heterocycles. The number of nitrogens with one attached hydrogen (secondary N) is 2. The number of benzene rings is 3. The van der Waals surface area contributed by atoms with Crippen molar-refractivity contribution in [2.45, 2.75) is 26.4 Å². The van der Waals surface area contributed by atoms with Crippen LogP contribution in [0.3, 0.4) is 0 Å². The van der Waals surface area contributed by atoms with Gasteiger partial charge in [-0.25, -0.2) is 4.98 Å². The van der Waals surface area contributed by atoms with E-state index in [1.165, 1.54) is 12.5 Å². The van der Waals surface area contributed by atoms with Crippen LogP contribution >= 0.6 is 11.6 Å². The molecule has 2 N–H and O–H groups in total. The molecule has 0 fully saturated rings. The van der Waals surface area contributed by atoms with Gasteiger partial charge in [-0.05, 0) is 55.0 Å². The highest BCUT2D eigenvalue weighted by atomic mass is 35.5. The molecule has 6 heteroatoms. The van der Waals surface area contributed by atoms with E-state index in [-0.39, 0.29) is 11.9 Å². The molecule has 0 aliphatic heterocycles.